The van der Waals surface area contributed by atoms with E-state index in [-0.39, 0.29) is 0 Å². The Kier molecular flexibility index (Phi) is 6.91. The predicted molar refractivity (Wildman–Crippen MR) is 75.9 cm³/mol. The van der Waals surface area contributed by atoms with Crippen LogP contribution in [0.15, 0.2) is 12.3 Å². The first-order chi connectivity index (χ1) is 8.69. The molecule has 1 atom stereocenters. The minimum absolute atomic E-state index is 0.348. The first-order valence-corrected chi connectivity index (χ1v) is 6.84. The number of ether oxygens (including phenoxy) is 1. The third kappa shape index (κ3) is 4.75. The molecule has 1 rings (SSSR count). The Balaban J connectivity index is 2.73. The van der Waals surface area contributed by atoms with Crippen molar-refractivity contribution < 1.29 is 4.74 Å². The average Bonchev–Trinajstić information content (AvgIpc) is 2.34. The summed E-state index contributed by atoms with van der Waals surface area (Å²) in [5, 5.41) is 3.59. The van der Waals surface area contributed by atoms with Gasteiger partial charge in [0.15, 0.2) is 0 Å². The molecule has 0 spiro atoms. The van der Waals surface area contributed by atoms with Crippen LogP contribution in [0, 0.1) is 13.8 Å². The molecule has 1 heterocycles. The van der Waals surface area contributed by atoms with Crippen LogP contribution in [-0.4, -0.2) is 25.2 Å². The molecular formula is C15H26N2O. The van der Waals surface area contributed by atoms with Crippen LogP contribution in [0.4, 0.5) is 0 Å². The lowest BCUT2D eigenvalue weighted by Crippen LogP contribution is -2.24. The number of methoxy groups -OCH3 is 1. The van der Waals surface area contributed by atoms with Gasteiger partial charge in [-0.1, -0.05) is 13.0 Å². The van der Waals surface area contributed by atoms with E-state index >= 15 is 0 Å². The molecule has 1 aromatic rings. The highest BCUT2D eigenvalue weighted by atomic mass is 16.5. The molecule has 0 fully saturated rings. The summed E-state index contributed by atoms with van der Waals surface area (Å²) in [6, 6.07) is 2.56. The highest BCUT2D eigenvalue weighted by Gasteiger charge is 2.14. The molecule has 0 aliphatic heterocycles. The van der Waals surface area contributed by atoms with E-state index in [2.05, 4.69) is 37.1 Å². The van der Waals surface area contributed by atoms with Gasteiger partial charge in [-0.3, -0.25) is 4.98 Å². The summed E-state index contributed by atoms with van der Waals surface area (Å²) >= 11 is 0. The largest absolute Gasteiger partial charge is 0.385 e. The van der Waals surface area contributed by atoms with E-state index in [1.807, 2.05) is 6.20 Å². The molecule has 1 aromatic heterocycles. The Labute approximate surface area is 111 Å². The van der Waals surface area contributed by atoms with Crippen LogP contribution in [0.5, 0.6) is 0 Å². The Morgan fingerprint density at radius 1 is 1.39 bits per heavy atom. The van der Waals surface area contributed by atoms with Crippen molar-refractivity contribution in [1.29, 1.82) is 0 Å². The van der Waals surface area contributed by atoms with E-state index in [1.165, 1.54) is 16.8 Å². The van der Waals surface area contributed by atoms with Crippen molar-refractivity contribution in [1.82, 2.24) is 10.3 Å². The molecule has 0 radical (unpaired) electrons. The topological polar surface area (TPSA) is 34.1 Å². The standard InChI is InChI=1S/C15H26N2O/c1-5-8-16-14(7-6-9-18-4)15-13(3)10-12(2)11-17-15/h10-11,14,16H,5-9H2,1-4H3. The maximum Gasteiger partial charge on any atom is 0.0602 e. The van der Waals surface area contributed by atoms with E-state index in [1.54, 1.807) is 7.11 Å². The second-order valence-electron chi connectivity index (χ2n) is 4.86. The molecular weight excluding hydrogens is 224 g/mol. The van der Waals surface area contributed by atoms with Gasteiger partial charge in [0.1, 0.15) is 0 Å². The minimum atomic E-state index is 0.348. The van der Waals surface area contributed by atoms with Gasteiger partial charge in [0, 0.05) is 26.0 Å². The fourth-order valence-corrected chi connectivity index (χ4v) is 2.18. The van der Waals surface area contributed by atoms with Gasteiger partial charge in [-0.25, -0.2) is 0 Å². The molecule has 18 heavy (non-hydrogen) atoms. The zero-order valence-corrected chi connectivity index (χ0v) is 12.1. The van der Waals surface area contributed by atoms with E-state index in [9.17, 15) is 0 Å². The average molecular weight is 250 g/mol. The van der Waals surface area contributed by atoms with Gasteiger partial charge in [0.25, 0.3) is 0 Å². The summed E-state index contributed by atoms with van der Waals surface area (Å²) in [5.74, 6) is 0. The molecule has 0 bridgehead atoms. The molecule has 0 aliphatic rings. The molecule has 0 aromatic carbocycles. The fourth-order valence-electron chi connectivity index (χ4n) is 2.18. The van der Waals surface area contributed by atoms with Crippen LogP contribution >= 0.6 is 0 Å². The van der Waals surface area contributed by atoms with Crippen LogP contribution in [0.3, 0.4) is 0 Å². The summed E-state index contributed by atoms with van der Waals surface area (Å²) < 4.78 is 5.13. The summed E-state index contributed by atoms with van der Waals surface area (Å²) in [6.07, 6.45) is 5.24. The Hall–Kier alpha value is -0.930. The number of aromatic nitrogens is 1. The first kappa shape index (κ1) is 15.1. The third-order valence-electron chi connectivity index (χ3n) is 3.07. The van der Waals surface area contributed by atoms with E-state index < -0.39 is 0 Å². The van der Waals surface area contributed by atoms with Crippen LogP contribution in [0.2, 0.25) is 0 Å². The molecule has 0 saturated carbocycles. The molecule has 0 amide bonds. The van der Waals surface area contributed by atoms with E-state index in [0.717, 1.165) is 32.4 Å². The van der Waals surface area contributed by atoms with E-state index in [0.29, 0.717) is 6.04 Å². The molecule has 1 N–H and O–H groups in total. The molecule has 1 unspecified atom stereocenters. The van der Waals surface area contributed by atoms with E-state index in [4.69, 9.17) is 4.74 Å². The van der Waals surface area contributed by atoms with Crippen molar-refractivity contribution in [3.8, 4) is 0 Å². The van der Waals surface area contributed by atoms with Gasteiger partial charge < -0.3 is 10.1 Å². The minimum Gasteiger partial charge on any atom is -0.385 e. The second-order valence-corrected chi connectivity index (χ2v) is 4.86. The normalized spacial score (nSPS) is 12.7. The summed E-state index contributed by atoms with van der Waals surface area (Å²) in [5.41, 5.74) is 3.69. The van der Waals surface area contributed by atoms with Gasteiger partial charge >= 0.3 is 0 Å². The maximum atomic E-state index is 5.13. The number of aryl methyl sites for hydroxylation is 2. The second kappa shape index (κ2) is 8.22. The van der Waals surface area contributed by atoms with Gasteiger partial charge in [-0.2, -0.15) is 0 Å². The van der Waals surface area contributed by atoms with Gasteiger partial charge in [-0.15, -0.1) is 0 Å². The number of nitrogens with zero attached hydrogens (tertiary/aromatic N) is 1. The molecule has 0 aliphatic carbocycles. The zero-order valence-electron chi connectivity index (χ0n) is 12.1. The van der Waals surface area contributed by atoms with Crippen molar-refractivity contribution in [3.63, 3.8) is 0 Å². The lowest BCUT2D eigenvalue weighted by Gasteiger charge is -2.20. The summed E-state index contributed by atoms with van der Waals surface area (Å²) in [6.45, 7) is 8.27. The van der Waals surface area contributed by atoms with Crippen LogP contribution in [0.1, 0.15) is 49.0 Å². The van der Waals surface area contributed by atoms with Gasteiger partial charge in [-0.05, 0) is 50.8 Å². The Morgan fingerprint density at radius 3 is 2.78 bits per heavy atom. The monoisotopic (exact) mass is 250 g/mol. The summed E-state index contributed by atoms with van der Waals surface area (Å²) in [7, 11) is 1.75. The lowest BCUT2D eigenvalue weighted by atomic mass is 10.0. The number of nitrogens with one attached hydrogen (secondary N) is 1. The highest BCUT2D eigenvalue weighted by Crippen LogP contribution is 2.20. The van der Waals surface area contributed by atoms with Crippen LogP contribution in [0.25, 0.3) is 0 Å². The van der Waals surface area contributed by atoms with Crippen molar-refractivity contribution in [3.05, 3.63) is 29.1 Å². The van der Waals surface area contributed by atoms with Crippen LogP contribution < -0.4 is 5.32 Å². The first-order valence-electron chi connectivity index (χ1n) is 6.84. The number of pyridine rings is 1. The molecule has 0 saturated heterocycles. The Morgan fingerprint density at radius 2 is 2.17 bits per heavy atom. The van der Waals surface area contributed by atoms with Crippen molar-refractivity contribution >= 4 is 0 Å². The predicted octanol–water partition coefficient (Wildman–Crippen LogP) is 3.17. The van der Waals surface area contributed by atoms with Gasteiger partial charge in [0.05, 0.1) is 5.69 Å². The third-order valence-corrected chi connectivity index (χ3v) is 3.07. The molecule has 102 valence electrons. The number of hydrogen-bond donors (Lipinski definition) is 1. The SMILES string of the molecule is CCCNC(CCCOC)c1ncc(C)cc1C. The van der Waals surface area contributed by atoms with Crippen LogP contribution in [-0.2, 0) is 4.74 Å². The summed E-state index contributed by atoms with van der Waals surface area (Å²) in [4.78, 5) is 4.61. The maximum absolute atomic E-state index is 5.13. The lowest BCUT2D eigenvalue weighted by molar-refractivity contribution is 0.188. The fraction of sp³-hybridized carbons (Fsp3) is 0.667. The number of rotatable bonds is 8. The highest BCUT2D eigenvalue weighted by molar-refractivity contribution is 5.25. The van der Waals surface area contributed by atoms with Crippen molar-refractivity contribution in [2.24, 2.45) is 0 Å². The smallest absolute Gasteiger partial charge is 0.0602 e. The van der Waals surface area contributed by atoms with Gasteiger partial charge in [0.2, 0.25) is 0 Å². The quantitative estimate of drug-likeness (QED) is 0.720. The van der Waals surface area contributed by atoms with Crippen molar-refractivity contribution in [2.45, 2.75) is 46.1 Å². The zero-order chi connectivity index (χ0) is 13.4. The van der Waals surface area contributed by atoms with Crippen molar-refractivity contribution in [2.75, 3.05) is 20.3 Å². The number of hydrogen-bond acceptors (Lipinski definition) is 3. The molecule has 3 nitrogen and oxygen atoms in total. The molecule has 3 heteroatoms. The Bertz CT molecular complexity index is 352.